The second-order valence-corrected chi connectivity index (χ2v) is 3.91. The van der Waals surface area contributed by atoms with Crippen LogP contribution in [-0.2, 0) is 13.0 Å². The highest BCUT2D eigenvalue weighted by atomic mass is 32.1. The van der Waals surface area contributed by atoms with Crippen LogP contribution >= 0.6 is 11.3 Å². The quantitative estimate of drug-likeness (QED) is 0.859. The zero-order chi connectivity index (χ0) is 10.7. The summed E-state index contributed by atoms with van der Waals surface area (Å²) in [4.78, 5) is 10.8. The molecule has 0 spiro atoms. The number of hydrogen-bond donors (Lipinski definition) is 1. The van der Waals surface area contributed by atoms with Crippen molar-refractivity contribution in [3.63, 3.8) is 0 Å². The van der Waals surface area contributed by atoms with Gasteiger partial charge in [0.25, 0.3) is 0 Å². The van der Waals surface area contributed by atoms with Gasteiger partial charge in [-0.05, 0) is 34.9 Å². The van der Waals surface area contributed by atoms with Gasteiger partial charge in [-0.25, -0.2) is 4.79 Å². The maximum absolute atomic E-state index is 10.8. The van der Waals surface area contributed by atoms with Gasteiger partial charge in [-0.1, -0.05) is 0 Å². The summed E-state index contributed by atoms with van der Waals surface area (Å²) in [5.74, 6) is -0.933. The zero-order valence-electron chi connectivity index (χ0n) is 7.96. The van der Waals surface area contributed by atoms with Crippen molar-refractivity contribution < 1.29 is 9.90 Å². The first-order chi connectivity index (χ1) is 7.27. The molecule has 2 aromatic heterocycles. The number of thiophene rings is 1. The van der Waals surface area contributed by atoms with Gasteiger partial charge in [0.1, 0.15) is 5.69 Å². The van der Waals surface area contributed by atoms with Crippen molar-refractivity contribution in [1.29, 1.82) is 0 Å². The number of aryl methyl sites for hydroxylation is 2. The molecule has 1 N–H and O–H groups in total. The summed E-state index contributed by atoms with van der Waals surface area (Å²) in [6, 6.07) is 3.55. The maximum atomic E-state index is 10.8. The van der Waals surface area contributed by atoms with Crippen LogP contribution in [0.3, 0.4) is 0 Å². The molecule has 0 amide bonds. The lowest BCUT2D eigenvalue weighted by Crippen LogP contribution is -2.11. The molecular formula is C10H10N2O2S. The number of aromatic carboxylic acids is 1. The van der Waals surface area contributed by atoms with Gasteiger partial charge in [0.05, 0.1) is 0 Å². The lowest BCUT2D eigenvalue weighted by molar-refractivity contribution is 0.0683. The van der Waals surface area contributed by atoms with Crippen LogP contribution in [0.2, 0.25) is 0 Å². The van der Waals surface area contributed by atoms with Gasteiger partial charge >= 0.3 is 5.97 Å². The average Bonchev–Trinajstić information content (AvgIpc) is 2.86. The molecule has 4 nitrogen and oxygen atoms in total. The normalized spacial score (nSPS) is 10.4. The van der Waals surface area contributed by atoms with Crippen LogP contribution in [0.5, 0.6) is 0 Å². The van der Waals surface area contributed by atoms with E-state index in [1.807, 2.05) is 11.4 Å². The Balaban J connectivity index is 2.05. The Kier molecular flexibility index (Phi) is 2.82. The largest absolute Gasteiger partial charge is 0.477 e. The SMILES string of the molecule is O=C(O)c1ccnn1CCc1ccsc1. The Morgan fingerprint density at radius 3 is 3.07 bits per heavy atom. The molecule has 0 saturated heterocycles. The second-order valence-electron chi connectivity index (χ2n) is 3.13. The summed E-state index contributed by atoms with van der Waals surface area (Å²) >= 11 is 1.64. The van der Waals surface area contributed by atoms with E-state index in [1.165, 1.54) is 22.5 Å². The van der Waals surface area contributed by atoms with Crippen LogP contribution in [0.15, 0.2) is 29.1 Å². The van der Waals surface area contributed by atoms with E-state index in [1.54, 1.807) is 11.3 Å². The van der Waals surface area contributed by atoms with Crippen molar-refractivity contribution in [2.24, 2.45) is 0 Å². The third-order valence-corrected chi connectivity index (χ3v) is 2.86. The molecule has 0 saturated carbocycles. The van der Waals surface area contributed by atoms with E-state index >= 15 is 0 Å². The van der Waals surface area contributed by atoms with Crippen molar-refractivity contribution in [2.75, 3.05) is 0 Å². The topological polar surface area (TPSA) is 55.1 Å². The van der Waals surface area contributed by atoms with Crippen molar-refractivity contribution in [1.82, 2.24) is 9.78 Å². The lowest BCUT2D eigenvalue weighted by atomic mass is 10.2. The highest BCUT2D eigenvalue weighted by Crippen LogP contribution is 2.08. The Labute approximate surface area is 90.8 Å². The van der Waals surface area contributed by atoms with Crippen LogP contribution in [0.4, 0.5) is 0 Å². The Morgan fingerprint density at radius 2 is 2.40 bits per heavy atom. The Hall–Kier alpha value is -1.62. The predicted octanol–water partition coefficient (Wildman–Crippen LogP) is 1.89. The smallest absolute Gasteiger partial charge is 0.354 e. The number of hydrogen-bond acceptors (Lipinski definition) is 3. The third-order valence-electron chi connectivity index (χ3n) is 2.13. The minimum Gasteiger partial charge on any atom is -0.477 e. The Bertz CT molecular complexity index is 448. The lowest BCUT2D eigenvalue weighted by Gasteiger charge is -2.02. The minimum atomic E-state index is -0.933. The summed E-state index contributed by atoms with van der Waals surface area (Å²) < 4.78 is 1.51. The van der Waals surface area contributed by atoms with Gasteiger partial charge in [-0.3, -0.25) is 4.68 Å². The molecule has 0 atom stereocenters. The van der Waals surface area contributed by atoms with Crippen molar-refractivity contribution >= 4 is 17.3 Å². The first-order valence-electron chi connectivity index (χ1n) is 4.53. The van der Waals surface area contributed by atoms with Crippen LogP contribution < -0.4 is 0 Å². The highest BCUT2D eigenvalue weighted by molar-refractivity contribution is 7.07. The van der Waals surface area contributed by atoms with Crippen LogP contribution in [0, 0.1) is 0 Å². The predicted molar refractivity (Wildman–Crippen MR) is 57.2 cm³/mol. The van der Waals surface area contributed by atoms with E-state index in [9.17, 15) is 4.79 Å². The number of rotatable bonds is 4. The monoisotopic (exact) mass is 222 g/mol. The van der Waals surface area contributed by atoms with E-state index in [-0.39, 0.29) is 5.69 Å². The van der Waals surface area contributed by atoms with E-state index in [2.05, 4.69) is 10.5 Å². The van der Waals surface area contributed by atoms with Gasteiger partial charge in [-0.2, -0.15) is 16.4 Å². The molecule has 2 heterocycles. The summed E-state index contributed by atoms with van der Waals surface area (Å²) in [6.45, 7) is 0.603. The van der Waals surface area contributed by atoms with E-state index in [0.29, 0.717) is 6.54 Å². The van der Waals surface area contributed by atoms with Crippen molar-refractivity contribution in [3.05, 3.63) is 40.3 Å². The molecular weight excluding hydrogens is 212 g/mol. The molecule has 0 aliphatic carbocycles. The van der Waals surface area contributed by atoms with Gasteiger partial charge in [0, 0.05) is 12.7 Å². The molecule has 2 rings (SSSR count). The number of carboxylic acid groups (broad SMARTS) is 1. The molecule has 0 aromatic carbocycles. The molecule has 2 aromatic rings. The zero-order valence-corrected chi connectivity index (χ0v) is 8.78. The summed E-state index contributed by atoms with van der Waals surface area (Å²) in [5, 5.41) is 16.9. The van der Waals surface area contributed by atoms with Gasteiger partial charge in [0.2, 0.25) is 0 Å². The third kappa shape index (κ3) is 2.24. The molecule has 78 valence electrons. The van der Waals surface area contributed by atoms with E-state index in [4.69, 9.17) is 5.11 Å². The molecule has 0 unspecified atom stereocenters. The van der Waals surface area contributed by atoms with E-state index in [0.717, 1.165) is 6.42 Å². The number of nitrogens with zero attached hydrogens (tertiary/aromatic N) is 2. The maximum Gasteiger partial charge on any atom is 0.354 e. The highest BCUT2D eigenvalue weighted by Gasteiger charge is 2.09. The first kappa shape index (κ1) is 9.92. The summed E-state index contributed by atoms with van der Waals surface area (Å²) in [6.07, 6.45) is 2.32. The van der Waals surface area contributed by atoms with Gasteiger partial charge < -0.3 is 5.11 Å². The number of aromatic nitrogens is 2. The molecule has 0 aliphatic rings. The summed E-state index contributed by atoms with van der Waals surface area (Å²) in [7, 11) is 0. The minimum absolute atomic E-state index is 0.241. The van der Waals surface area contributed by atoms with Crippen molar-refractivity contribution in [2.45, 2.75) is 13.0 Å². The molecule has 0 aliphatic heterocycles. The fourth-order valence-electron chi connectivity index (χ4n) is 1.36. The molecule has 5 heteroatoms. The van der Waals surface area contributed by atoms with Crippen LogP contribution in [0.25, 0.3) is 0 Å². The van der Waals surface area contributed by atoms with Crippen LogP contribution in [-0.4, -0.2) is 20.9 Å². The average molecular weight is 222 g/mol. The summed E-state index contributed by atoms with van der Waals surface area (Å²) in [5.41, 5.74) is 1.46. The number of carboxylic acids is 1. The standard InChI is InChI=1S/C10H10N2O2S/c13-10(14)9-1-4-11-12(9)5-2-8-3-6-15-7-8/h1,3-4,6-7H,2,5H2,(H,13,14). The fourth-order valence-corrected chi connectivity index (χ4v) is 2.07. The molecule has 15 heavy (non-hydrogen) atoms. The molecule has 0 radical (unpaired) electrons. The van der Waals surface area contributed by atoms with Crippen molar-refractivity contribution in [3.8, 4) is 0 Å². The van der Waals surface area contributed by atoms with Crippen LogP contribution in [0.1, 0.15) is 16.1 Å². The van der Waals surface area contributed by atoms with Gasteiger partial charge in [-0.15, -0.1) is 0 Å². The second kappa shape index (κ2) is 4.27. The first-order valence-corrected chi connectivity index (χ1v) is 5.48. The number of carbonyl (C=O) groups is 1. The van der Waals surface area contributed by atoms with Gasteiger partial charge in [0.15, 0.2) is 0 Å². The molecule has 0 bridgehead atoms. The van der Waals surface area contributed by atoms with E-state index < -0.39 is 5.97 Å². The molecule has 0 fully saturated rings. The fraction of sp³-hybridized carbons (Fsp3) is 0.200. The Morgan fingerprint density at radius 1 is 1.53 bits per heavy atom.